The van der Waals surface area contributed by atoms with Crippen LogP contribution in [0.5, 0.6) is 0 Å². The van der Waals surface area contributed by atoms with Gasteiger partial charge in [0.15, 0.2) is 11.8 Å². The molecule has 0 aliphatic carbocycles. The van der Waals surface area contributed by atoms with Gasteiger partial charge >= 0.3 is 0 Å². The number of guanidine groups is 1. The van der Waals surface area contributed by atoms with Gasteiger partial charge in [0.1, 0.15) is 5.69 Å². The van der Waals surface area contributed by atoms with Crippen LogP contribution in [0.4, 0.5) is 0 Å². The topological polar surface area (TPSA) is 88.2 Å². The number of hydrogen-bond acceptors (Lipinski definition) is 5. The maximum atomic E-state index is 5.26. The second kappa shape index (κ2) is 10.1. The lowest BCUT2D eigenvalue weighted by atomic mass is 10.1. The minimum Gasteiger partial charge on any atom is -0.356 e. The Morgan fingerprint density at radius 2 is 1.81 bits per heavy atom. The quantitative estimate of drug-likeness (QED) is 0.363. The number of nitrogens with one attached hydrogen (secondary N) is 2. The summed E-state index contributed by atoms with van der Waals surface area (Å²) in [6, 6.07) is 16.1. The summed E-state index contributed by atoms with van der Waals surface area (Å²) in [5.41, 5.74) is 2.03. The average Bonchev–Trinajstić information content (AvgIpc) is 3.20. The molecule has 0 spiro atoms. The van der Waals surface area contributed by atoms with E-state index in [0.717, 1.165) is 25.3 Å². The van der Waals surface area contributed by atoms with Gasteiger partial charge in [0.25, 0.3) is 5.89 Å². The standard InChI is InChI=1S/C20H24N6O/c1-21-20(23-14-7-10-16-8-3-2-4-9-16)24-15-12-18-25-19(27-26-18)17-11-5-6-13-22-17/h2-6,8-9,11,13H,7,10,12,14-15H2,1H3,(H2,21,23,24). The first-order chi connectivity index (χ1) is 13.3. The molecule has 0 atom stereocenters. The van der Waals surface area contributed by atoms with Crippen molar-refractivity contribution < 1.29 is 4.52 Å². The minimum absolute atomic E-state index is 0.439. The molecule has 0 aliphatic heterocycles. The van der Waals surface area contributed by atoms with E-state index >= 15 is 0 Å². The van der Waals surface area contributed by atoms with Gasteiger partial charge in [0.2, 0.25) is 0 Å². The summed E-state index contributed by atoms with van der Waals surface area (Å²) in [4.78, 5) is 12.8. The number of hydrogen-bond donors (Lipinski definition) is 2. The van der Waals surface area contributed by atoms with Crippen LogP contribution >= 0.6 is 0 Å². The van der Waals surface area contributed by atoms with Gasteiger partial charge < -0.3 is 15.2 Å². The van der Waals surface area contributed by atoms with Crippen LogP contribution < -0.4 is 10.6 Å². The first kappa shape index (κ1) is 18.6. The zero-order chi connectivity index (χ0) is 18.7. The Hall–Kier alpha value is -3.22. The fourth-order valence-electron chi connectivity index (χ4n) is 2.61. The Morgan fingerprint density at radius 3 is 2.59 bits per heavy atom. The third-order valence-electron chi connectivity index (χ3n) is 3.99. The lowest BCUT2D eigenvalue weighted by Gasteiger charge is -2.11. The van der Waals surface area contributed by atoms with Crippen LogP contribution in [0.2, 0.25) is 0 Å². The van der Waals surface area contributed by atoms with Crippen molar-refractivity contribution in [3.05, 3.63) is 66.1 Å². The van der Waals surface area contributed by atoms with E-state index in [1.165, 1.54) is 5.56 Å². The van der Waals surface area contributed by atoms with E-state index in [-0.39, 0.29) is 0 Å². The van der Waals surface area contributed by atoms with Gasteiger partial charge in [-0.1, -0.05) is 41.6 Å². The summed E-state index contributed by atoms with van der Waals surface area (Å²) >= 11 is 0. The summed E-state index contributed by atoms with van der Waals surface area (Å²) in [6.07, 6.45) is 4.43. The molecule has 2 N–H and O–H groups in total. The van der Waals surface area contributed by atoms with Crippen molar-refractivity contribution in [1.29, 1.82) is 0 Å². The smallest absolute Gasteiger partial charge is 0.276 e. The lowest BCUT2D eigenvalue weighted by molar-refractivity contribution is 0.421. The SMILES string of the molecule is CN=C(NCCCc1ccccc1)NCCc1noc(-c2ccccn2)n1. The van der Waals surface area contributed by atoms with Crippen LogP contribution in [0.25, 0.3) is 11.6 Å². The van der Waals surface area contributed by atoms with E-state index in [1.54, 1.807) is 13.2 Å². The number of nitrogens with zero attached hydrogens (tertiary/aromatic N) is 4. The second-order valence-electron chi connectivity index (χ2n) is 6.00. The maximum absolute atomic E-state index is 5.26. The number of aryl methyl sites for hydroxylation is 1. The van der Waals surface area contributed by atoms with Crippen LogP contribution in [0.1, 0.15) is 17.8 Å². The van der Waals surface area contributed by atoms with Gasteiger partial charge in [-0.3, -0.25) is 9.98 Å². The third-order valence-corrected chi connectivity index (χ3v) is 3.99. The fourth-order valence-corrected chi connectivity index (χ4v) is 2.61. The van der Waals surface area contributed by atoms with Gasteiger partial charge in [-0.2, -0.15) is 4.98 Å². The molecule has 0 radical (unpaired) electrons. The van der Waals surface area contributed by atoms with Crippen LogP contribution in [0, 0.1) is 0 Å². The Kier molecular flexibility index (Phi) is 6.92. The van der Waals surface area contributed by atoms with Gasteiger partial charge in [0.05, 0.1) is 0 Å². The number of pyridine rings is 1. The van der Waals surface area contributed by atoms with E-state index in [2.05, 4.69) is 55.0 Å². The second-order valence-corrected chi connectivity index (χ2v) is 6.00. The molecule has 2 heterocycles. The zero-order valence-corrected chi connectivity index (χ0v) is 15.4. The largest absolute Gasteiger partial charge is 0.356 e. The van der Waals surface area contributed by atoms with Gasteiger partial charge in [-0.15, -0.1) is 0 Å². The Labute approximate surface area is 158 Å². The molecule has 0 bridgehead atoms. The van der Waals surface area contributed by atoms with Crippen molar-refractivity contribution in [2.75, 3.05) is 20.1 Å². The van der Waals surface area contributed by atoms with E-state index in [0.29, 0.717) is 30.4 Å². The predicted octanol–water partition coefficient (Wildman–Crippen LogP) is 2.47. The van der Waals surface area contributed by atoms with Gasteiger partial charge in [-0.25, -0.2) is 0 Å². The van der Waals surface area contributed by atoms with Crippen LogP contribution in [0.15, 0.2) is 64.2 Å². The van der Waals surface area contributed by atoms with E-state index in [1.807, 2.05) is 24.3 Å². The third kappa shape index (κ3) is 5.91. The Bertz CT molecular complexity index is 832. The first-order valence-corrected chi connectivity index (χ1v) is 9.07. The van der Waals surface area contributed by atoms with Gasteiger partial charge in [-0.05, 0) is 30.5 Å². The molecule has 0 aliphatic rings. The fraction of sp³-hybridized carbons (Fsp3) is 0.300. The summed E-state index contributed by atoms with van der Waals surface area (Å²) in [6.45, 7) is 1.53. The highest BCUT2D eigenvalue weighted by Gasteiger charge is 2.09. The highest BCUT2D eigenvalue weighted by molar-refractivity contribution is 5.79. The number of aliphatic imine (C=N–C) groups is 1. The summed E-state index contributed by atoms with van der Waals surface area (Å²) in [5, 5.41) is 10.6. The molecule has 140 valence electrons. The summed E-state index contributed by atoms with van der Waals surface area (Å²) < 4.78 is 5.26. The van der Waals surface area contributed by atoms with Crippen molar-refractivity contribution in [2.45, 2.75) is 19.3 Å². The molecule has 0 saturated carbocycles. The van der Waals surface area contributed by atoms with E-state index in [9.17, 15) is 0 Å². The van der Waals surface area contributed by atoms with Crippen molar-refractivity contribution in [1.82, 2.24) is 25.8 Å². The van der Waals surface area contributed by atoms with Crippen LogP contribution in [-0.4, -0.2) is 41.2 Å². The Balaban J connectivity index is 1.37. The molecule has 0 fully saturated rings. The van der Waals surface area contributed by atoms with E-state index in [4.69, 9.17) is 4.52 Å². The normalized spacial score (nSPS) is 11.4. The molecule has 1 aromatic carbocycles. The average molecular weight is 364 g/mol. The predicted molar refractivity (Wildman–Crippen MR) is 105 cm³/mol. The lowest BCUT2D eigenvalue weighted by Crippen LogP contribution is -2.38. The number of aromatic nitrogens is 3. The van der Waals surface area contributed by atoms with Gasteiger partial charge in [0, 0.05) is 32.8 Å². The van der Waals surface area contributed by atoms with Crippen molar-refractivity contribution in [2.24, 2.45) is 4.99 Å². The van der Waals surface area contributed by atoms with Crippen molar-refractivity contribution in [3.63, 3.8) is 0 Å². The molecule has 2 aromatic heterocycles. The molecule has 3 aromatic rings. The number of rotatable bonds is 8. The molecule has 0 saturated heterocycles. The first-order valence-electron chi connectivity index (χ1n) is 9.07. The molecule has 7 heteroatoms. The Morgan fingerprint density at radius 1 is 1.00 bits per heavy atom. The van der Waals surface area contributed by atoms with Crippen LogP contribution in [0.3, 0.4) is 0 Å². The highest BCUT2D eigenvalue weighted by atomic mass is 16.5. The molecule has 3 rings (SSSR count). The van der Waals surface area contributed by atoms with Crippen molar-refractivity contribution in [3.8, 4) is 11.6 Å². The molecular weight excluding hydrogens is 340 g/mol. The van der Waals surface area contributed by atoms with E-state index < -0.39 is 0 Å². The molecular formula is C20H24N6O. The number of benzene rings is 1. The highest BCUT2D eigenvalue weighted by Crippen LogP contribution is 2.13. The monoisotopic (exact) mass is 364 g/mol. The molecule has 27 heavy (non-hydrogen) atoms. The van der Waals surface area contributed by atoms with Crippen LogP contribution in [-0.2, 0) is 12.8 Å². The maximum Gasteiger partial charge on any atom is 0.276 e. The zero-order valence-electron chi connectivity index (χ0n) is 15.4. The van der Waals surface area contributed by atoms with Crippen molar-refractivity contribution >= 4 is 5.96 Å². The summed E-state index contributed by atoms with van der Waals surface area (Å²) in [7, 11) is 1.76. The summed E-state index contributed by atoms with van der Waals surface area (Å²) in [5.74, 6) is 1.85. The molecule has 7 nitrogen and oxygen atoms in total. The minimum atomic E-state index is 0.439. The molecule has 0 unspecified atom stereocenters. The molecule has 0 amide bonds.